The molecule has 0 fully saturated rings. The Labute approximate surface area is 315 Å². The molecule has 0 radical (unpaired) electrons. The highest BCUT2D eigenvalue weighted by molar-refractivity contribution is 6.02. The summed E-state index contributed by atoms with van der Waals surface area (Å²) in [6, 6.07) is 21.3. The molecule has 1 aliphatic carbocycles. The van der Waals surface area contributed by atoms with Gasteiger partial charge in [-0.05, 0) is 97.4 Å². The average molecular weight is 724 g/mol. The Kier molecular flexibility index (Phi) is 10.1. The predicted molar refractivity (Wildman–Crippen MR) is 207 cm³/mol. The number of nitrogens with one attached hydrogen (secondary N) is 1. The number of benzene rings is 3. The number of aryl methyl sites for hydroxylation is 2. The number of aliphatic hydroxyl groups is 1. The number of aliphatic hydroxyl groups excluding tert-OH is 1. The maximum absolute atomic E-state index is 14.5. The van der Waals surface area contributed by atoms with Gasteiger partial charge in [-0.2, -0.15) is 6.20 Å². The van der Waals surface area contributed by atoms with Gasteiger partial charge in [-0.25, -0.2) is 0 Å². The maximum Gasteiger partial charge on any atom is 0.164 e. The molecule has 278 valence electrons. The van der Waals surface area contributed by atoms with Gasteiger partial charge in [-0.15, -0.1) is 5.69 Å². The molecule has 0 saturated carbocycles. The van der Waals surface area contributed by atoms with Crippen molar-refractivity contribution in [2.75, 3.05) is 13.2 Å². The molecule has 0 spiro atoms. The first kappa shape index (κ1) is 35.5. The molecule has 4 N–H and O–H groups in total. The van der Waals surface area contributed by atoms with Crippen LogP contribution in [0.3, 0.4) is 0 Å². The molecule has 0 amide bonds. The fraction of sp³-hybridized carbons (Fsp3) is 0.333. The first-order valence-electron chi connectivity index (χ1n) is 19.0. The summed E-state index contributed by atoms with van der Waals surface area (Å²) in [7, 11) is 0. The number of ketones is 2. The molecule has 3 unspecified atom stereocenters. The number of H-pyrrole nitrogens is 1. The van der Waals surface area contributed by atoms with Gasteiger partial charge >= 0.3 is 0 Å². The van der Waals surface area contributed by atoms with Gasteiger partial charge in [0.2, 0.25) is 0 Å². The van der Waals surface area contributed by atoms with Crippen LogP contribution in [0.2, 0.25) is 0 Å². The molecule has 0 saturated heterocycles. The van der Waals surface area contributed by atoms with Crippen molar-refractivity contribution in [2.24, 2.45) is 5.92 Å². The molecule has 9 heteroatoms. The summed E-state index contributed by atoms with van der Waals surface area (Å²) >= 11 is 0. The number of aromatic amines is 1. The first-order valence-corrected chi connectivity index (χ1v) is 19.0. The van der Waals surface area contributed by atoms with Crippen LogP contribution in [0.1, 0.15) is 88.2 Å². The number of ether oxygens (including phenoxy) is 1. The van der Waals surface area contributed by atoms with E-state index in [1.807, 2.05) is 42.6 Å². The van der Waals surface area contributed by atoms with E-state index in [-0.39, 0.29) is 48.4 Å². The smallest absolute Gasteiger partial charge is 0.164 e. The van der Waals surface area contributed by atoms with Crippen LogP contribution in [0, 0.1) is 5.92 Å². The second-order valence-electron chi connectivity index (χ2n) is 15.0. The number of hydrogen-bond acceptors (Lipinski definition) is 6. The Bertz CT molecular complexity index is 2210. The lowest BCUT2D eigenvalue weighted by atomic mass is 9.71. The Morgan fingerprint density at radius 3 is 2.57 bits per heavy atom. The largest absolute Gasteiger partial charge is 0.664 e. The van der Waals surface area contributed by atoms with Crippen LogP contribution in [0.15, 0.2) is 84.7 Å². The number of rotatable bonds is 5. The summed E-state index contributed by atoms with van der Waals surface area (Å²) in [4.78, 5) is 36.2. The van der Waals surface area contributed by atoms with Gasteiger partial charge < -0.3 is 35.3 Å². The van der Waals surface area contributed by atoms with Gasteiger partial charge in [0.05, 0.1) is 19.1 Å². The predicted octanol–water partition coefficient (Wildman–Crippen LogP) is 7.55. The lowest BCUT2D eigenvalue weighted by Gasteiger charge is -2.37. The maximum atomic E-state index is 14.5. The number of phenolic OH excluding ortho intramolecular Hbond substituents is 2. The SMILES string of the molecule is O=C1CCc2cc(c(O)c3c2CCCO3)Cc2cccc(c2)Cc2cc[nH]c2[N-]CC2=Cc3[n-]ccc3C(CC(O)CCc3cccc(O)c3)C2C(=O)C1. The van der Waals surface area contributed by atoms with Gasteiger partial charge in [-0.1, -0.05) is 83.8 Å². The van der Waals surface area contributed by atoms with Crippen molar-refractivity contribution in [1.82, 2.24) is 9.97 Å². The van der Waals surface area contributed by atoms with Crippen molar-refractivity contribution < 1.29 is 29.6 Å². The van der Waals surface area contributed by atoms with E-state index in [4.69, 9.17) is 10.1 Å². The molecular weight excluding hydrogens is 679 g/mol. The standard InChI is InChI=1S/C45H45N3O6/c49-34-7-2-4-27(21-34)9-11-35(50)24-39-38-14-16-46-40(38)23-33-26-48-45-31(13-15-47-45)19-28-5-1-6-29(18-28)20-32-22-30(10-12-36(51)25-41(52)42(33)39)37-8-3-17-54-44(37)43(32)53/h1-2,4-7,13-16,18,21-23,35,39,42,47,49-50,53H,3,8-12,17,19-20,24-26H2/q-2. The number of carbonyl (C=O) groups is 2. The molecule has 3 atom stereocenters. The van der Waals surface area contributed by atoms with E-state index in [2.05, 4.69) is 28.2 Å². The number of hydrogen-bond donors (Lipinski definition) is 4. The number of aromatic nitrogens is 2. The summed E-state index contributed by atoms with van der Waals surface area (Å²) in [5.41, 5.74) is 9.19. The molecule has 3 aromatic carbocycles. The lowest BCUT2D eigenvalue weighted by molar-refractivity contribution is -0.129. The number of aromatic hydroxyl groups is 2. The number of Topliss-reactive ketones (excluding diaryl/α,β-unsaturated/α-hetero) is 2. The summed E-state index contributed by atoms with van der Waals surface area (Å²) in [6.45, 7) is 0.761. The van der Waals surface area contributed by atoms with Crippen molar-refractivity contribution >= 4 is 23.5 Å². The summed E-state index contributed by atoms with van der Waals surface area (Å²) < 4.78 is 6.02. The number of phenols is 2. The molecule has 2 aliphatic heterocycles. The van der Waals surface area contributed by atoms with E-state index in [1.54, 1.807) is 24.4 Å². The first-order chi connectivity index (χ1) is 26.3. The quantitative estimate of drug-likeness (QED) is 0.137. The van der Waals surface area contributed by atoms with Crippen molar-refractivity contribution in [3.63, 3.8) is 0 Å². The van der Waals surface area contributed by atoms with Gasteiger partial charge in [0.1, 0.15) is 17.3 Å². The van der Waals surface area contributed by atoms with Crippen LogP contribution in [0.5, 0.6) is 17.2 Å². The fourth-order valence-electron chi connectivity index (χ4n) is 8.61. The van der Waals surface area contributed by atoms with E-state index in [0.29, 0.717) is 50.9 Å². The Hall–Kier alpha value is -5.54. The van der Waals surface area contributed by atoms with E-state index < -0.39 is 12.0 Å². The van der Waals surface area contributed by atoms with E-state index in [0.717, 1.165) is 74.4 Å². The minimum atomic E-state index is -0.736. The molecule has 5 aromatic rings. The van der Waals surface area contributed by atoms with Crippen LogP contribution < -0.4 is 9.72 Å². The second kappa shape index (κ2) is 15.4. The molecule has 2 aromatic heterocycles. The monoisotopic (exact) mass is 723 g/mol. The average Bonchev–Trinajstić information content (AvgIpc) is 3.83. The molecule has 3 aliphatic rings. The number of nitrogens with zero attached hydrogens (tertiary/aromatic N) is 2. The Balaban J connectivity index is 1.13. The van der Waals surface area contributed by atoms with Gasteiger partial charge in [0.15, 0.2) is 11.5 Å². The van der Waals surface area contributed by atoms with Crippen molar-refractivity contribution in [1.29, 1.82) is 0 Å². The summed E-state index contributed by atoms with van der Waals surface area (Å²) in [6.07, 6.45) is 9.26. The molecule has 8 rings (SSSR count). The summed E-state index contributed by atoms with van der Waals surface area (Å²) in [5.74, 6) is 0.190. The van der Waals surface area contributed by atoms with Gasteiger partial charge in [0.25, 0.3) is 0 Å². The van der Waals surface area contributed by atoms with Crippen LogP contribution in [0.25, 0.3) is 11.4 Å². The van der Waals surface area contributed by atoms with Crippen LogP contribution >= 0.6 is 0 Å². The minimum absolute atomic E-state index is 0.150. The molecular formula is C45H45N3O6-2. The fourth-order valence-corrected chi connectivity index (χ4v) is 8.61. The molecule has 4 bridgehead atoms. The van der Waals surface area contributed by atoms with Crippen molar-refractivity contribution in [3.8, 4) is 17.2 Å². The van der Waals surface area contributed by atoms with E-state index in [1.165, 1.54) is 0 Å². The third-order valence-corrected chi connectivity index (χ3v) is 11.2. The second-order valence-corrected chi connectivity index (χ2v) is 15.0. The van der Waals surface area contributed by atoms with Crippen LogP contribution in [-0.2, 0) is 41.7 Å². The van der Waals surface area contributed by atoms with Gasteiger partial charge in [-0.3, -0.25) is 9.59 Å². The van der Waals surface area contributed by atoms with Crippen molar-refractivity contribution in [3.05, 3.63) is 140 Å². The molecule has 54 heavy (non-hydrogen) atoms. The lowest BCUT2D eigenvalue weighted by Crippen LogP contribution is -2.32. The number of fused-ring (bicyclic) bond motifs is 9. The third-order valence-electron chi connectivity index (χ3n) is 11.2. The third kappa shape index (κ3) is 7.59. The zero-order chi connectivity index (χ0) is 37.2. The highest BCUT2D eigenvalue weighted by Crippen LogP contribution is 2.44. The minimum Gasteiger partial charge on any atom is -0.664 e. The van der Waals surface area contributed by atoms with Gasteiger partial charge in [0, 0.05) is 29.9 Å². The summed E-state index contributed by atoms with van der Waals surface area (Å²) in [5, 5.41) is 37.8. The van der Waals surface area contributed by atoms with Crippen LogP contribution in [-0.4, -0.2) is 51.1 Å². The molecule has 9 nitrogen and oxygen atoms in total. The zero-order valence-electron chi connectivity index (χ0n) is 30.3. The Morgan fingerprint density at radius 2 is 1.72 bits per heavy atom. The normalized spacial score (nSPS) is 19.3. The highest BCUT2D eigenvalue weighted by atomic mass is 16.5. The Morgan fingerprint density at radius 1 is 0.889 bits per heavy atom. The zero-order valence-corrected chi connectivity index (χ0v) is 30.3. The van der Waals surface area contributed by atoms with E-state index in [9.17, 15) is 24.9 Å². The topological polar surface area (TPSA) is 148 Å². The van der Waals surface area contributed by atoms with E-state index >= 15 is 0 Å². The van der Waals surface area contributed by atoms with Crippen molar-refractivity contribution in [2.45, 2.75) is 76.2 Å². The molecule has 4 heterocycles. The number of carbonyl (C=O) groups excluding carboxylic acids is 2. The van der Waals surface area contributed by atoms with Crippen LogP contribution in [0.4, 0.5) is 5.82 Å². The highest BCUT2D eigenvalue weighted by Gasteiger charge is 2.36.